The molecule has 0 spiro atoms. The van der Waals surface area contributed by atoms with Gasteiger partial charge in [0.25, 0.3) is 0 Å². The Hall–Kier alpha value is -1.70. The standard InChI is InChI=1S/C19H23NO4S2/c1-14-7-9-17(10-8-14)26(23,24)19-13-25(21,22)12-18(19)20-11-16-6-4-3-5-15(16)2/h3-10,18-20H,11-13H2,1-2H3. The predicted molar refractivity (Wildman–Crippen MR) is 103 cm³/mol. The maximum absolute atomic E-state index is 13.0. The maximum Gasteiger partial charge on any atom is 0.183 e. The van der Waals surface area contributed by atoms with Gasteiger partial charge in [-0.15, -0.1) is 0 Å². The van der Waals surface area contributed by atoms with Gasteiger partial charge in [0.05, 0.1) is 21.7 Å². The molecule has 140 valence electrons. The van der Waals surface area contributed by atoms with E-state index in [9.17, 15) is 16.8 Å². The van der Waals surface area contributed by atoms with Crippen LogP contribution in [0.15, 0.2) is 53.4 Å². The molecule has 1 heterocycles. The SMILES string of the molecule is Cc1ccc(S(=O)(=O)C2CS(=O)(=O)CC2NCc2ccccc2C)cc1. The Bertz CT molecular complexity index is 996. The van der Waals surface area contributed by atoms with Crippen molar-refractivity contribution in [3.63, 3.8) is 0 Å². The van der Waals surface area contributed by atoms with Crippen molar-refractivity contribution in [1.29, 1.82) is 0 Å². The summed E-state index contributed by atoms with van der Waals surface area (Å²) in [4.78, 5) is 0.174. The van der Waals surface area contributed by atoms with E-state index in [4.69, 9.17) is 0 Å². The van der Waals surface area contributed by atoms with Crippen LogP contribution in [0.1, 0.15) is 16.7 Å². The fourth-order valence-electron chi connectivity index (χ4n) is 3.26. The minimum atomic E-state index is -3.73. The van der Waals surface area contributed by atoms with E-state index >= 15 is 0 Å². The van der Waals surface area contributed by atoms with Crippen LogP contribution in [0.3, 0.4) is 0 Å². The van der Waals surface area contributed by atoms with E-state index in [1.165, 1.54) is 0 Å². The molecular formula is C19H23NO4S2. The molecule has 2 atom stereocenters. The Labute approximate surface area is 155 Å². The number of aryl methyl sites for hydroxylation is 2. The molecule has 0 amide bonds. The molecule has 26 heavy (non-hydrogen) atoms. The van der Waals surface area contributed by atoms with Crippen molar-refractivity contribution >= 4 is 19.7 Å². The molecule has 2 aromatic carbocycles. The first-order valence-corrected chi connectivity index (χ1v) is 11.8. The summed E-state index contributed by atoms with van der Waals surface area (Å²) < 4.78 is 50.4. The summed E-state index contributed by atoms with van der Waals surface area (Å²) in [5.74, 6) is -0.497. The first-order chi connectivity index (χ1) is 12.2. The van der Waals surface area contributed by atoms with Crippen molar-refractivity contribution in [2.45, 2.75) is 36.6 Å². The highest BCUT2D eigenvalue weighted by molar-refractivity contribution is 7.96. The van der Waals surface area contributed by atoms with Crippen LogP contribution in [0.5, 0.6) is 0 Å². The zero-order chi connectivity index (χ0) is 18.9. The van der Waals surface area contributed by atoms with E-state index < -0.39 is 31.0 Å². The highest BCUT2D eigenvalue weighted by Crippen LogP contribution is 2.26. The molecule has 0 radical (unpaired) electrons. The minimum Gasteiger partial charge on any atom is -0.308 e. The van der Waals surface area contributed by atoms with Gasteiger partial charge in [-0.05, 0) is 37.1 Å². The van der Waals surface area contributed by atoms with Crippen LogP contribution in [0.4, 0.5) is 0 Å². The van der Waals surface area contributed by atoms with Gasteiger partial charge in [-0.25, -0.2) is 16.8 Å². The molecule has 1 N–H and O–H groups in total. The lowest BCUT2D eigenvalue weighted by Crippen LogP contribution is -2.43. The molecule has 1 fully saturated rings. The predicted octanol–water partition coefficient (Wildman–Crippen LogP) is 2.03. The van der Waals surface area contributed by atoms with Gasteiger partial charge in [0.1, 0.15) is 0 Å². The van der Waals surface area contributed by atoms with E-state index in [-0.39, 0.29) is 16.4 Å². The average molecular weight is 394 g/mol. The molecule has 2 unspecified atom stereocenters. The second kappa shape index (κ2) is 7.13. The van der Waals surface area contributed by atoms with E-state index in [2.05, 4.69) is 5.32 Å². The number of hydrogen-bond acceptors (Lipinski definition) is 5. The highest BCUT2D eigenvalue weighted by atomic mass is 32.2. The Morgan fingerprint density at radius 3 is 2.31 bits per heavy atom. The van der Waals surface area contributed by atoms with Gasteiger partial charge in [-0.2, -0.15) is 0 Å². The van der Waals surface area contributed by atoms with Crippen LogP contribution in [0.2, 0.25) is 0 Å². The number of benzene rings is 2. The van der Waals surface area contributed by atoms with Crippen LogP contribution in [0, 0.1) is 13.8 Å². The van der Waals surface area contributed by atoms with Crippen molar-refractivity contribution in [2.24, 2.45) is 0 Å². The molecule has 3 rings (SSSR count). The Morgan fingerprint density at radius 2 is 1.65 bits per heavy atom. The van der Waals surface area contributed by atoms with Crippen molar-refractivity contribution in [3.05, 3.63) is 65.2 Å². The van der Waals surface area contributed by atoms with E-state index in [0.717, 1.165) is 16.7 Å². The first kappa shape index (κ1) is 19.1. The summed E-state index contributed by atoms with van der Waals surface area (Å²) in [7, 11) is -7.13. The van der Waals surface area contributed by atoms with Crippen molar-refractivity contribution in [3.8, 4) is 0 Å². The van der Waals surface area contributed by atoms with Gasteiger partial charge in [0.15, 0.2) is 19.7 Å². The molecule has 1 aliphatic heterocycles. The first-order valence-electron chi connectivity index (χ1n) is 8.48. The second-order valence-corrected chi connectivity index (χ2v) is 11.2. The van der Waals surface area contributed by atoms with Crippen LogP contribution >= 0.6 is 0 Å². The highest BCUT2D eigenvalue weighted by Gasteiger charge is 2.45. The molecule has 5 nitrogen and oxygen atoms in total. The molecule has 0 aromatic heterocycles. The molecular weight excluding hydrogens is 370 g/mol. The maximum atomic E-state index is 13.0. The van der Waals surface area contributed by atoms with Crippen molar-refractivity contribution < 1.29 is 16.8 Å². The molecule has 1 saturated heterocycles. The van der Waals surface area contributed by atoms with Gasteiger partial charge >= 0.3 is 0 Å². The quantitative estimate of drug-likeness (QED) is 0.841. The zero-order valence-electron chi connectivity index (χ0n) is 14.8. The summed E-state index contributed by atoms with van der Waals surface area (Å²) in [5.41, 5.74) is 3.07. The Balaban J connectivity index is 1.86. The van der Waals surface area contributed by atoms with Crippen LogP contribution in [0.25, 0.3) is 0 Å². The summed E-state index contributed by atoms with van der Waals surface area (Å²) in [6.07, 6.45) is 0. The Kier molecular flexibility index (Phi) is 5.23. The smallest absolute Gasteiger partial charge is 0.183 e. The number of rotatable bonds is 5. The van der Waals surface area contributed by atoms with Gasteiger partial charge in [0.2, 0.25) is 0 Å². The fraction of sp³-hybridized carbons (Fsp3) is 0.368. The van der Waals surface area contributed by atoms with E-state index in [1.54, 1.807) is 24.3 Å². The van der Waals surface area contributed by atoms with Crippen molar-refractivity contribution in [2.75, 3.05) is 11.5 Å². The van der Waals surface area contributed by atoms with Gasteiger partial charge < -0.3 is 5.32 Å². The molecule has 2 aromatic rings. The molecule has 0 saturated carbocycles. The summed E-state index contributed by atoms with van der Waals surface area (Å²) in [6.45, 7) is 4.29. The molecule has 0 aliphatic carbocycles. The van der Waals surface area contributed by atoms with E-state index in [0.29, 0.717) is 6.54 Å². The lowest BCUT2D eigenvalue weighted by Gasteiger charge is -2.20. The summed E-state index contributed by atoms with van der Waals surface area (Å²) in [5, 5.41) is 2.20. The third-order valence-corrected chi connectivity index (χ3v) is 9.03. The van der Waals surface area contributed by atoms with Crippen LogP contribution < -0.4 is 5.32 Å². The summed E-state index contributed by atoms with van der Waals surface area (Å²) in [6, 6.07) is 13.7. The zero-order valence-corrected chi connectivity index (χ0v) is 16.5. The Morgan fingerprint density at radius 1 is 1.00 bits per heavy atom. The number of hydrogen-bond donors (Lipinski definition) is 1. The lowest BCUT2D eigenvalue weighted by atomic mass is 10.1. The number of nitrogens with one attached hydrogen (secondary N) is 1. The van der Waals surface area contributed by atoms with Crippen LogP contribution in [-0.2, 0) is 26.2 Å². The molecule has 1 aliphatic rings. The summed E-state index contributed by atoms with van der Waals surface area (Å²) >= 11 is 0. The lowest BCUT2D eigenvalue weighted by molar-refractivity contribution is 0.525. The monoisotopic (exact) mass is 393 g/mol. The van der Waals surface area contributed by atoms with E-state index in [1.807, 2.05) is 38.1 Å². The third-order valence-electron chi connectivity index (χ3n) is 4.86. The third kappa shape index (κ3) is 4.00. The van der Waals surface area contributed by atoms with Gasteiger partial charge in [-0.3, -0.25) is 0 Å². The van der Waals surface area contributed by atoms with Gasteiger partial charge in [0, 0.05) is 12.6 Å². The molecule has 0 bridgehead atoms. The van der Waals surface area contributed by atoms with Crippen LogP contribution in [-0.4, -0.2) is 39.6 Å². The largest absolute Gasteiger partial charge is 0.308 e. The minimum absolute atomic E-state index is 0.158. The molecule has 7 heteroatoms. The topological polar surface area (TPSA) is 80.3 Å². The normalized spacial score (nSPS) is 22.4. The fourth-order valence-corrected chi connectivity index (χ4v) is 7.98. The second-order valence-electron chi connectivity index (χ2n) is 6.89. The average Bonchev–Trinajstić information content (AvgIpc) is 2.90. The van der Waals surface area contributed by atoms with Crippen molar-refractivity contribution in [1.82, 2.24) is 5.32 Å². The van der Waals surface area contributed by atoms with Gasteiger partial charge in [-0.1, -0.05) is 42.0 Å². The number of sulfone groups is 2.